The lowest BCUT2D eigenvalue weighted by Gasteiger charge is -2.21. The molecule has 0 rings (SSSR count). The van der Waals surface area contributed by atoms with Crippen molar-refractivity contribution in [3.63, 3.8) is 0 Å². The summed E-state index contributed by atoms with van der Waals surface area (Å²) in [4.78, 5) is 72.4. The Morgan fingerprint density at radius 3 is 0.705 bits per heavy atom. The standard InChI is InChI=1S/C69H134O17P2/c1-59(2)45-37-29-21-15-13-11-9-10-12-14-16-24-33-41-49-66(71)79-55-64(85-68(73)51-43-35-25-19-17-22-30-38-46-60(3)4)57-83-87(75,76)81-53-63(70)54-82-88(77,78)84-58-65(56-80-67(72)50-42-34-28-27-32-40-48-62(7)8)86-69(74)52-44-36-26-20-18-23-31-39-47-61(5)6/h59-65,70H,9-58H2,1-8H3,(H,75,76)(H,77,78)/t63-,64-,65-/m1/s1. The minimum atomic E-state index is -4.95. The zero-order valence-electron chi connectivity index (χ0n) is 57.3. The molecule has 0 aliphatic rings. The van der Waals surface area contributed by atoms with Crippen molar-refractivity contribution in [1.82, 2.24) is 0 Å². The maximum Gasteiger partial charge on any atom is 0.472 e. The molecule has 0 heterocycles. The first-order chi connectivity index (χ1) is 42.1. The smallest absolute Gasteiger partial charge is 0.462 e. The van der Waals surface area contributed by atoms with E-state index >= 15 is 0 Å². The highest BCUT2D eigenvalue weighted by Gasteiger charge is 2.30. The van der Waals surface area contributed by atoms with E-state index in [0.29, 0.717) is 31.6 Å². The van der Waals surface area contributed by atoms with Gasteiger partial charge in [0.15, 0.2) is 12.2 Å². The number of aliphatic hydroxyl groups is 1. The minimum Gasteiger partial charge on any atom is -0.462 e. The molecule has 0 saturated carbocycles. The topological polar surface area (TPSA) is 237 Å². The third kappa shape index (κ3) is 62.8. The van der Waals surface area contributed by atoms with Gasteiger partial charge in [0, 0.05) is 25.7 Å². The fourth-order valence-electron chi connectivity index (χ4n) is 10.3. The van der Waals surface area contributed by atoms with Gasteiger partial charge in [0.1, 0.15) is 19.3 Å². The second-order valence-corrected chi connectivity index (χ2v) is 29.7. The van der Waals surface area contributed by atoms with Crippen molar-refractivity contribution in [1.29, 1.82) is 0 Å². The van der Waals surface area contributed by atoms with Crippen LogP contribution >= 0.6 is 15.6 Å². The quantitative estimate of drug-likeness (QED) is 0.0222. The van der Waals surface area contributed by atoms with Crippen molar-refractivity contribution >= 4 is 39.5 Å². The summed E-state index contributed by atoms with van der Waals surface area (Å²) in [6.45, 7) is 14.0. The van der Waals surface area contributed by atoms with Crippen molar-refractivity contribution < 1.29 is 80.2 Å². The van der Waals surface area contributed by atoms with Crippen LogP contribution in [-0.4, -0.2) is 96.7 Å². The van der Waals surface area contributed by atoms with Crippen molar-refractivity contribution in [3.05, 3.63) is 0 Å². The van der Waals surface area contributed by atoms with Gasteiger partial charge < -0.3 is 33.8 Å². The van der Waals surface area contributed by atoms with Crippen LogP contribution in [0.4, 0.5) is 0 Å². The molecule has 0 amide bonds. The second-order valence-electron chi connectivity index (χ2n) is 26.8. The Balaban J connectivity index is 5.21. The van der Waals surface area contributed by atoms with Gasteiger partial charge in [-0.2, -0.15) is 0 Å². The molecule has 88 heavy (non-hydrogen) atoms. The molecule has 0 bridgehead atoms. The zero-order valence-corrected chi connectivity index (χ0v) is 59.1. The van der Waals surface area contributed by atoms with Crippen molar-refractivity contribution in [3.8, 4) is 0 Å². The van der Waals surface area contributed by atoms with Crippen LogP contribution in [0.25, 0.3) is 0 Å². The summed E-state index contributed by atoms with van der Waals surface area (Å²) < 4.78 is 68.2. The number of esters is 4. The molecule has 0 spiro atoms. The largest absolute Gasteiger partial charge is 0.472 e. The maximum atomic E-state index is 13.0. The van der Waals surface area contributed by atoms with Crippen LogP contribution in [0.3, 0.4) is 0 Å². The van der Waals surface area contributed by atoms with E-state index in [4.69, 9.17) is 37.0 Å². The van der Waals surface area contributed by atoms with Gasteiger partial charge in [-0.1, -0.05) is 287 Å². The molecule has 5 atom stereocenters. The molecular weight excluding hydrogens is 1160 g/mol. The highest BCUT2D eigenvalue weighted by molar-refractivity contribution is 7.47. The molecule has 0 aliphatic carbocycles. The predicted molar refractivity (Wildman–Crippen MR) is 354 cm³/mol. The van der Waals surface area contributed by atoms with E-state index in [1.165, 1.54) is 135 Å². The molecule has 0 aromatic rings. The summed E-state index contributed by atoms with van der Waals surface area (Å²) in [6.07, 6.45) is 40.6. The molecule has 2 unspecified atom stereocenters. The molecule has 0 fully saturated rings. The number of aliphatic hydroxyl groups excluding tert-OH is 1. The highest BCUT2D eigenvalue weighted by Crippen LogP contribution is 2.45. The van der Waals surface area contributed by atoms with Crippen LogP contribution in [-0.2, 0) is 65.4 Å². The summed E-state index contributed by atoms with van der Waals surface area (Å²) in [5, 5.41) is 10.6. The van der Waals surface area contributed by atoms with Gasteiger partial charge >= 0.3 is 39.5 Å². The lowest BCUT2D eigenvalue weighted by molar-refractivity contribution is -0.161. The van der Waals surface area contributed by atoms with Gasteiger partial charge in [-0.15, -0.1) is 0 Å². The molecule has 0 aromatic heterocycles. The highest BCUT2D eigenvalue weighted by atomic mass is 31.2. The first-order valence-corrected chi connectivity index (χ1v) is 38.7. The zero-order chi connectivity index (χ0) is 65.4. The van der Waals surface area contributed by atoms with E-state index in [1.807, 2.05) is 0 Å². The molecular formula is C69H134O17P2. The van der Waals surface area contributed by atoms with Crippen LogP contribution < -0.4 is 0 Å². The van der Waals surface area contributed by atoms with Crippen molar-refractivity contribution in [2.24, 2.45) is 23.7 Å². The van der Waals surface area contributed by atoms with E-state index < -0.39 is 97.5 Å². The lowest BCUT2D eigenvalue weighted by atomic mass is 10.0. The number of hydrogen-bond acceptors (Lipinski definition) is 15. The number of phosphoric ester groups is 2. The molecule has 522 valence electrons. The van der Waals surface area contributed by atoms with E-state index in [1.54, 1.807) is 0 Å². The summed E-state index contributed by atoms with van der Waals surface area (Å²) >= 11 is 0. The van der Waals surface area contributed by atoms with Crippen LogP contribution in [0.1, 0.15) is 338 Å². The molecule has 3 N–H and O–H groups in total. The molecule has 17 nitrogen and oxygen atoms in total. The summed E-state index contributed by atoms with van der Waals surface area (Å²) in [7, 11) is -9.90. The van der Waals surface area contributed by atoms with E-state index in [-0.39, 0.29) is 25.7 Å². The number of carbonyl (C=O) groups is 4. The number of ether oxygens (including phenoxy) is 4. The summed E-state index contributed by atoms with van der Waals surface area (Å²) in [6, 6.07) is 0. The van der Waals surface area contributed by atoms with Crippen LogP contribution in [0.15, 0.2) is 0 Å². The number of hydrogen-bond donors (Lipinski definition) is 3. The average Bonchev–Trinajstić information content (AvgIpc) is 3.49. The van der Waals surface area contributed by atoms with Crippen molar-refractivity contribution in [2.75, 3.05) is 39.6 Å². The summed E-state index contributed by atoms with van der Waals surface area (Å²) in [5.74, 6) is 0.780. The van der Waals surface area contributed by atoms with Gasteiger partial charge in [-0.3, -0.25) is 37.3 Å². The first-order valence-electron chi connectivity index (χ1n) is 35.7. The van der Waals surface area contributed by atoms with Gasteiger partial charge in [0.2, 0.25) is 0 Å². The Kier molecular flexibility index (Phi) is 57.6. The fourth-order valence-corrected chi connectivity index (χ4v) is 11.9. The fraction of sp³-hybridized carbons (Fsp3) is 0.942. The van der Waals surface area contributed by atoms with Gasteiger partial charge in [0.05, 0.1) is 26.4 Å². The SMILES string of the molecule is CC(C)CCCCCCCCCCCCCCCCC(=O)OC[C@H](COP(=O)(O)OC[C@@H](O)COP(=O)(O)OC[C@@H](COC(=O)CCCCCCCCC(C)C)OC(=O)CCCCCCCCCCC(C)C)OC(=O)CCCCCCCCCCC(C)C. The van der Waals surface area contributed by atoms with Crippen LogP contribution in [0.2, 0.25) is 0 Å². The Labute approximate surface area is 537 Å². The van der Waals surface area contributed by atoms with E-state index in [0.717, 1.165) is 114 Å². The van der Waals surface area contributed by atoms with Gasteiger partial charge in [-0.25, -0.2) is 9.13 Å². The first kappa shape index (κ1) is 86.1. The van der Waals surface area contributed by atoms with Gasteiger partial charge in [0.25, 0.3) is 0 Å². The van der Waals surface area contributed by atoms with Crippen LogP contribution in [0.5, 0.6) is 0 Å². The Hall–Kier alpha value is -1.94. The third-order valence-electron chi connectivity index (χ3n) is 15.8. The predicted octanol–water partition coefficient (Wildman–Crippen LogP) is 19.3. The number of rotatable bonds is 66. The number of unbranched alkanes of at least 4 members (excludes halogenated alkanes) is 32. The monoisotopic (exact) mass is 1300 g/mol. The Bertz CT molecular complexity index is 1750. The number of phosphoric acid groups is 2. The normalized spacial score (nSPS) is 14.3. The maximum absolute atomic E-state index is 13.0. The molecule has 0 aliphatic heterocycles. The van der Waals surface area contributed by atoms with Crippen molar-refractivity contribution in [2.45, 2.75) is 356 Å². The number of carbonyl (C=O) groups excluding carboxylic acids is 4. The molecule has 19 heteroatoms. The Morgan fingerprint density at radius 1 is 0.284 bits per heavy atom. The Morgan fingerprint density at radius 2 is 0.477 bits per heavy atom. The van der Waals surface area contributed by atoms with E-state index in [9.17, 15) is 43.2 Å². The van der Waals surface area contributed by atoms with Gasteiger partial charge in [-0.05, 0) is 49.4 Å². The molecule has 0 saturated heterocycles. The average molecular weight is 1300 g/mol. The molecule has 0 aromatic carbocycles. The van der Waals surface area contributed by atoms with E-state index in [2.05, 4.69) is 55.4 Å². The lowest BCUT2D eigenvalue weighted by Crippen LogP contribution is -2.30. The minimum absolute atomic E-state index is 0.103. The molecule has 0 radical (unpaired) electrons. The third-order valence-corrected chi connectivity index (χ3v) is 17.7. The summed E-state index contributed by atoms with van der Waals surface area (Å²) in [5.41, 5.74) is 0. The second kappa shape index (κ2) is 58.8. The van der Waals surface area contributed by atoms with Crippen LogP contribution in [0, 0.1) is 23.7 Å².